The number of nitrogens with zero attached hydrogens (tertiary/aromatic N) is 5. The molecule has 3 aromatic rings. The summed E-state index contributed by atoms with van der Waals surface area (Å²) in [5.74, 6) is -6.93. The van der Waals surface area contributed by atoms with Crippen LogP contribution in [0.5, 0.6) is 11.5 Å². The van der Waals surface area contributed by atoms with Crippen molar-refractivity contribution in [2.45, 2.75) is 174 Å². The first-order valence-corrected chi connectivity index (χ1v) is 31.7. The van der Waals surface area contributed by atoms with Crippen LogP contribution in [0, 0.1) is 11.3 Å². The van der Waals surface area contributed by atoms with Crippen molar-refractivity contribution in [3.8, 4) is 11.5 Å². The molecular weight excluding hydrogens is 1180 g/mol. The molecule has 7 amide bonds. The second-order valence-corrected chi connectivity index (χ2v) is 26.0. The molecule has 3 aromatic carbocycles. The molecule has 23 heteroatoms. The standard InChI is InChI=1S/C69H93N7O16/c1-44(2)38-52-63(83)72(8)35-18-17-28-59(79)90-43-69(6,7)61(81)66(86)76-36-19-16-26-51(76)67(87)91-54(31-29-46-30-32-55(88-11)56(40-46)89-12)47-24-20-25-48(41-47)70-57(77)33-34-58(78)71-49(42-60(80)92-68(3,4)5)62(82)73(9)53(39-45-22-14-13-15-23-45)65(85)75-37-21-27-50(75)64(84)74(52)10/h13-15,17,20,22-25,28,30,32,40-41,44,49-54H,16,18-19,21,26-27,29,31,33-39,42-43H2,1-12H3,(H,70,77)(H,71,78)/b28-17+/t49-,50+,51-,52-,53-,54+/m0/s1. The Labute approximate surface area is 540 Å². The van der Waals surface area contributed by atoms with E-state index in [1.165, 1.54) is 72.7 Å². The Balaban J connectivity index is 1.35. The van der Waals surface area contributed by atoms with Crippen molar-refractivity contribution >= 4 is 70.7 Å². The van der Waals surface area contributed by atoms with Crippen LogP contribution in [0.3, 0.4) is 0 Å². The van der Waals surface area contributed by atoms with Crippen LogP contribution in [-0.2, 0) is 79.8 Å². The van der Waals surface area contributed by atoms with E-state index in [0.29, 0.717) is 48.3 Å². The largest absolute Gasteiger partial charge is 0.493 e. The third-order valence-corrected chi connectivity index (χ3v) is 16.6. The third-order valence-electron chi connectivity index (χ3n) is 16.6. The van der Waals surface area contributed by atoms with Crippen LogP contribution in [0.15, 0.2) is 84.9 Å². The first kappa shape index (κ1) is 72.4. The highest BCUT2D eigenvalue weighted by molar-refractivity contribution is 6.38. The molecule has 6 rings (SSSR count). The number of methoxy groups -OCH3 is 2. The molecule has 0 aliphatic carbocycles. The van der Waals surface area contributed by atoms with E-state index >= 15 is 4.79 Å². The van der Waals surface area contributed by atoms with Crippen molar-refractivity contribution in [2.75, 3.05) is 66.9 Å². The van der Waals surface area contributed by atoms with Crippen LogP contribution < -0.4 is 20.1 Å². The summed E-state index contributed by atoms with van der Waals surface area (Å²) in [5, 5.41) is 5.45. The molecule has 3 aliphatic rings. The summed E-state index contributed by atoms with van der Waals surface area (Å²) in [7, 11) is 7.52. The number of amides is 7. The van der Waals surface area contributed by atoms with E-state index in [0.717, 1.165) is 11.6 Å². The Kier molecular flexibility index (Phi) is 26.1. The number of rotatable bonds is 11. The maximum absolute atomic E-state index is 15.2. The minimum Gasteiger partial charge on any atom is -0.493 e. The molecule has 2 saturated heterocycles. The van der Waals surface area contributed by atoms with Crippen LogP contribution in [0.25, 0.3) is 0 Å². The van der Waals surface area contributed by atoms with Crippen molar-refractivity contribution in [1.82, 2.24) is 29.8 Å². The van der Waals surface area contributed by atoms with Gasteiger partial charge in [0.25, 0.3) is 5.91 Å². The van der Waals surface area contributed by atoms with E-state index in [1.807, 2.05) is 19.9 Å². The average molecular weight is 1280 g/mol. The van der Waals surface area contributed by atoms with E-state index in [2.05, 4.69) is 10.6 Å². The molecule has 0 spiro atoms. The monoisotopic (exact) mass is 1280 g/mol. The smallest absolute Gasteiger partial charge is 0.330 e. The van der Waals surface area contributed by atoms with Crippen molar-refractivity contribution in [3.05, 3.63) is 102 Å². The van der Waals surface area contributed by atoms with Crippen LogP contribution in [0.4, 0.5) is 5.69 Å². The topological polar surface area (TPSA) is 274 Å². The van der Waals surface area contributed by atoms with Crippen LogP contribution >= 0.6 is 0 Å². The van der Waals surface area contributed by atoms with Gasteiger partial charge in [0, 0.05) is 71.8 Å². The minimum atomic E-state index is -1.58. The zero-order valence-electron chi connectivity index (χ0n) is 55.4. The predicted molar refractivity (Wildman–Crippen MR) is 341 cm³/mol. The number of piperidine rings is 1. The molecule has 500 valence electrons. The number of esters is 3. The van der Waals surface area contributed by atoms with Gasteiger partial charge in [0.1, 0.15) is 48.5 Å². The Hall–Kier alpha value is -8.63. The Morgan fingerprint density at radius 3 is 2.07 bits per heavy atom. The molecule has 0 saturated carbocycles. The van der Waals surface area contributed by atoms with Crippen LogP contribution in [0.1, 0.15) is 142 Å². The minimum absolute atomic E-state index is 0.0199. The summed E-state index contributed by atoms with van der Waals surface area (Å²) in [5.41, 5.74) is -0.281. The number of carbonyl (C=O) groups excluding carboxylic acids is 11. The van der Waals surface area contributed by atoms with Gasteiger partial charge in [-0.05, 0) is 139 Å². The zero-order valence-corrected chi connectivity index (χ0v) is 55.4. The lowest BCUT2D eigenvalue weighted by atomic mass is 9.87. The molecule has 0 unspecified atom stereocenters. The number of fused-ring (bicyclic) bond motifs is 4. The average Bonchev–Trinajstić information content (AvgIpc) is 1.39. The highest BCUT2D eigenvalue weighted by atomic mass is 16.6. The lowest BCUT2D eigenvalue weighted by Gasteiger charge is -2.37. The van der Waals surface area contributed by atoms with E-state index in [9.17, 15) is 47.9 Å². The molecule has 3 aliphatic heterocycles. The fraction of sp³-hybridized carbons (Fsp3) is 0.551. The summed E-state index contributed by atoms with van der Waals surface area (Å²) in [4.78, 5) is 163. The van der Waals surface area contributed by atoms with Crippen LogP contribution in [0.2, 0.25) is 0 Å². The number of nitrogens with one attached hydrogen (secondary N) is 2. The molecule has 0 radical (unpaired) electrons. The van der Waals surface area contributed by atoms with E-state index < -0.39 is 132 Å². The maximum atomic E-state index is 15.2. The highest BCUT2D eigenvalue weighted by Gasteiger charge is 2.45. The second-order valence-electron chi connectivity index (χ2n) is 26.0. The quantitative estimate of drug-likeness (QED) is 0.114. The molecule has 2 bridgehead atoms. The van der Waals surface area contributed by atoms with Gasteiger partial charge in [0.2, 0.25) is 41.2 Å². The normalized spacial score (nSPS) is 23.2. The Morgan fingerprint density at radius 2 is 1.38 bits per heavy atom. The zero-order chi connectivity index (χ0) is 67.6. The number of ketones is 1. The number of likely N-dealkylation sites (N-methyl/N-ethyl adjacent to an activating group) is 3. The third kappa shape index (κ3) is 20.2. The van der Waals surface area contributed by atoms with Gasteiger partial charge < -0.3 is 58.8 Å². The van der Waals surface area contributed by atoms with Crippen molar-refractivity contribution in [1.29, 1.82) is 0 Å². The fourth-order valence-electron chi connectivity index (χ4n) is 11.5. The first-order valence-electron chi connectivity index (χ1n) is 31.7. The number of cyclic esters (lactones) is 2. The maximum Gasteiger partial charge on any atom is 0.330 e. The predicted octanol–water partition coefficient (Wildman–Crippen LogP) is 6.73. The molecule has 2 fully saturated rings. The highest BCUT2D eigenvalue weighted by Crippen LogP contribution is 2.33. The van der Waals surface area contributed by atoms with Crippen molar-refractivity contribution in [3.63, 3.8) is 0 Å². The fourth-order valence-corrected chi connectivity index (χ4v) is 11.5. The van der Waals surface area contributed by atoms with Gasteiger partial charge in [-0.3, -0.25) is 43.2 Å². The lowest BCUT2D eigenvalue weighted by molar-refractivity contribution is -0.165. The molecule has 23 nitrogen and oxygen atoms in total. The van der Waals surface area contributed by atoms with Crippen molar-refractivity contribution < 1.29 is 76.4 Å². The van der Waals surface area contributed by atoms with E-state index in [4.69, 9.17) is 23.7 Å². The van der Waals surface area contributed by atoms with Gasteiger partial charge in [-0.2, -0.15) is 0 Å². The summed E-state index contributed by atoms with van der Waals surface area (Å²) in [6.07, 6.45) is 3.14. The number of carbonyl (C=O) groups is 11. The Morgan fingerprint density at radius 1 is 0.707 bits per heavy atom. The number of aryl methyl sites for hydroxylation is 1. The van der Waals surface area contributed by atoms with E-state index in [1.54, 1.807) is 94.5 Å². The molecule has 0 aromatic heterocycles. The summed E-state index contributed by atoms with van der Waals surface area (Å²) in [6.45, 7) is 11.6. The molecule has 3 heterocycles. The molecule has 2 N–H and O–H groups in total. The lowest BCUT2D eigenvalue weighted by Crippen LogP contribution is -2.59. The summed E-state index contributed by atoms with van der Waals surface area (Å²) in [6, 6.07) is 14.9. The first-order chi connectivity index (χ1) is 43.5. The summed E-state index contributed by atoms with van der Waals surface area (Å²) < 4.78 is 28.4. The number of hydrogen-bond donors (Lipinski definition) is 2. The number of anilines is 1. The van der Waals surface area contributed by atoms with Gasteiger partial charge in [-0.1, -0.05) is 68.5 Å². The SMILES string of the molecule is COc1ccc(CC[C@H]2OC(=O)[C@@H]3CCCCN3C(=O)C(=O)C(C)(C)COC(=O)/C=C/CCN(C)C(=O)[C@H](CC(C)C)N(C)C(=O)[C@H]3CCCN3C(=O)[C@H](Cc3ccccc3)N(C)C(=O)[C@H](CC(=O)OC(C)(C)C)NC(=O)CCC(=O)Nc3cccc2c3)cc1OC. The summed E-state index contributed by atoms with van der Waals surface area (Å²) >= 11 is 0. The van der Waals surface area contributed by atoms with Crippen LogP contribution in [-0.4, -0.2) is 187 Å². The van der Waals surface area contributed by atoms with Gasteiger partial charge in [-0.25, -0.2) is 9.59 Å². The molecular formula is C69H93N7O16. The second kappa shape index (κ2) is 33.1. The van der Waals surface area contributed by atoms with Gasteiger partial charge in [0.05, 0.1) is 26.1 Å². The number of benzene rings is 3. The number of Topliss-reactive ketones (excluding diaryl/α,β-unsaturated/α-hetero) is 1. The van der Waals surface area contributed by atoms with Crippen molar-refractivity contribution in [2.24, 2.45) is 11.3 Å². The Bertz CT molecular complexity index is 3180. The number of ether oxygens (including phenoxy) is 5. The number of hydrogen-bond acceptors (Lipinski definition) is 16. The van der Waals surface area contributed by atoms with E-state index in [-0.39, 0.29) is 75.7 Å². The van der Waals surface area contributed by atoms with Gasteiger partial charge >= 0.3 is 17.9 Å². The molecule has 92 heavy (non-hydrogen) atoms. The molecule has 6 atom stereocenters. The van der Waals surface area contributed by atoms with Gasteiger partial charge in [-0.15, -0.1) is 0 Å². The van der Waals surface area contributed by atoms with Gasteiger partial charge in [0.15, 0.2) is 11.5 Å².